The second-order valence-corrected chi connectivity index (χ2v) is 8.79. The van der Waals surface area contributed by atoms with Gasteiger partial charge in [0.05, 0.1) is 27.1 Å². The van der Waals surface area contributed by atoms with E-state index in [1.807, 2.05) is 4.90 Å². The molecule has 3 aromatic rings. The molecule has 0 bridgehead atoms. The molecule has 32 heavy (non-hydrogen) atoms. The van der Waals surface area contributed by atoms with Gasteiger partial charge in [-0.2, -0.15) is 0 Å². The Morgan fingerprint density at radius 3 is 2.44 bits per heavy atom. The monoisotopic (exact) mass is 476 g/mol. The molecule has 168 valence electrons. The van der Waals surface area contributed by atoms with Gasteiger partial charge in [0.1, 0.15) is 5.82 Å². The first-order valence-electron chi connectivity index (χ1n) is 9.88. The fourth-order valence-electron chi connectivity index (χ4n) is 3.18. The quantitative estimate of drug-likeness (QED) is 0.588. The highest BCUT2D eigenvalue weighted by molar-refractivity contribution is 7.17. The number of anilines is 1. The van der Waals surface area contributed by atoms with Gasteiger partial charge in [-0.3, -0.25) is 23.9 Å². The van der Waals surface area contributed by atoms with Gasteiger partial charge in [0.15, 0.2) is 0 Å². The van der Waals surface area contributed by atoms with Crippen LogP contribution in [0.5, 0.6) is 0 Å². The number of amides is 2. The van der Waals surface area contributed by atoms with Gasteiger partial charge in [-0.25, -0.2) is 4.39 Å². The van der Waals surface area contributed by atoms with Crippen LogP contribution in [0.15, 0.2) is 59.5 Å². The van der Waals surface area contributed by atoms with Crippen molar-refractivity contribution < 1.29 is 14.0 Å². The number of nitrogens with one attached hydrogen (secondary N) is 1. The van der Waals surface area contributed by atoms with Gasteiger partial charge >= 0.3 is 0 Å². The Morgan fingerprint density at radius 2 is 1.88 bits per heavy atom. The zero-order valence-electron chi connectivity index (χ0n) is 17.1. The van der Waals surface area contributed by atoms with Crippen molar-refractivity contribution in [3.8, 4) is 5.69 Å². The van der Waals surface area contributed by atoms with Crippen molar-refractivity contribution in [3.05, 3.63) is 80.1 Å². The first kappa shape index (κ1) is 23.6. The van der Waals surface area contributed by atoms with Crippen LogP contribution in [0.25, 0.3) is 5.69 Å². The van der Waals surface area contributed by atoms with E-state index in [0.717, 1.165) is 25.9 Å². The van der Waals surface area contributed by atoms with E-state index in [-0.39, 0.29) is 23.7 Å². The minimum absolute atomic E-state index is 0.127. The number of carbonyl (C=O) groups is 2. The number of hydrogen-bond acceptors (Lipinski definition) is 5. The number of primary amides is 1. The van der Waals surface area contributed by atoms with E-state index in [2.05, 4.69) is 5.32 Å². The van der Waals surface area contributed by atoms with Crippen molar-refractivity contribution in [3.63, 3.8) is 0 Å². The highest BCUT2D eigenvalue weighted by Crippen LogP contribution is 2.20. The molecule has 3 heterocycles. The summed E-state index contributed by atoms with van der Waals surface area (Å²) in [7, 11) is 0. The lowest BCUT2D eigenvalue weighted by molar-refractivity contribution is -0.117. The molecule has 1 aromatic carbocycles. The fourth-order valence-corrected chi connectivity index (χ4v) is 4.07. The van der Waals surface area contributed by atoms with Crippen molar-refractivity contribution >= 4 is 40.4 Å². The number of nitrogens with two attached hydrogens (primary N) is 1. The SMILES string of the molecule is NC(=O)c1ccc(Cl)s1.O=C(CN1CCCC1)Nc1ccc(-n2ccccc2=O)cc1F. The molecule has 3 N–H and O–H groups in total. The minimum atomic E-state index is -0.562. The normalized spacial score (nSPS) is 13.3. The van der Waals surface area contributed by atoms with Crippen molar-refractivity contribution in [2.45, 2.75) is 12.8 Å². The van der Waals surface area contributed by atoms with E-state index in [1.165, 1.54) is 34.1 Å². The number of nitrogens with zero attached hydrogens (tertiary/aromatic N) is 2. The molecule has 1 aliphatic heterocycles. The van der Waals surface area contributed by atoms with Gasteiger partial charge in [-0.15, -0.1) is 11.3 Å². The number of hydrogen-bond donors (Lipinski definition) is 2. The lowest BCUT2D eigenvalue weighted by atomic mass is 10.2. The van der Waals surface area contributed by atoms with Gasteiger partial charge < -0.3 is 11.1 Å². The summed E-state index contributed by atoms with van der Waals surface area (Å²) in [6.45, 7) is 2.09. The third kappa shape index (κ3) is 6.49. The van der Waals surface area contributed by atoms with Crippen LogP contribution in [0.4, 0.5) is 10.1 Å². The zero-order valence-corrected chi connectivity index (χ0v) is 18.7. The maximum Gasteiger partial charge on any atom is 0.258 e. The number of carbonyl (C=O) groups excluding carboxylic acids is 2. The Hall–Kier alpha value is -3.01. The summed E-state index contributed by atoms with van der Waals surface area (Å²) >= 11 is 6.70. The molecule has 0 radical (unpaired) electrons. The minimum Gasteiger partial charge on any atom is -0.365 e. The van der Waals surface area contributed by atoms with E-state index >= 15 is 0 Å². The van der Waals surface area contributed by atoms with Crippen molar-refractivity contribution in [1.82, 2.24) is 9.47 Å². The van der Waals surface area contributed by atoms with E-state index in [4.69, 9.17) is 17.3 Å². The Labute approximate surface area is 193 Å². The molecule has 7 nitrogen and oxygen atoms in total. The van der Waals surface area contributed by atoms with Crippen molar-refractivity contribution in [1.29, 1.82) is 0 Å². The maximum atomic E-state index is 14.2. The van der Waals surface area contributed by atoms with Crippen LogP contribution >= 0.6 is 22.9 Å². The van der Waals surface area contributed by atoms with Crippen molar-refractivity contribution in [2.24, 2.45) is 5.73 Å². The number of halogens is 2. The van der Waals surface area contributed by atoms with Crippen LogP contribution in [0, 0.1) is 5.82 Å². The number of rotatable bonds is 5. The molecular formula is C22H22ClFN4O3S. The van der Waals surface area contributed by atoms with Crippen LogP contribution in [0.1, 0.15) is 22.5 Å². The first-order valence-corrected chi connectivity index (χ1v) is 11.1. The fraction of sp³-hybridized carbons (Fsp3) is 0.227. The number of benzene rings is 1. The predicted octanol–water partition coefficient (Wildman–Crippen LogP) is 3.51. The van der Waals surface area contributed by atoms with Gasteiger partial charge in [0.2, 0.25) is 5.91 Å². The number of likely N-dealkylation sites (tertiary alicyclic amines) is 1. The predicted molar refractivity (Wildman–Crippen MR) is 124 cm³/mol. The molecule has 1 fully saturated rings. The summed E-state index contributed by atoms with van der Waals surface area (Å²) in [5.74, 6) is -1.21. The van der Waals surface area contributed by atoms with Gasteiger partial charge in [0, 0.05) is 18.3 Å². The average molecular weight is 477 g/mol. The third-order valence-electron chi connectivity index (χ3n) is 4.71. The van der Waals surface area contributed by atoms with Crippen LogP contribution < -0.4 is 16.6 Å². The molecule has 2 amide bonds. The van der Waals surface area contributed by atoms with Crippen LogP contribution in [0.3, 0.4) is 0 Å². The topological polar surface area (TPSA) is 97.4 Å². The summed E-state index contributed by atoms with van der Waals surface area (Å²) in [5.41, 5.74) is 5.25. The van der Waals surface area contributed by atoms with E-state index in [1.54, 1.807) is 36.5 Å². The maximum absolute atomic E-state index is 14.2. The molecule has 4 rings (SSSR count). The summed E-state index contributed by atoms with van der Waals surface area (Å²) < 4.78 is 16.1. The molecule has 10 heteroatoms. The highest BCUT2D eigenvalue weighted by Gasteiger charge is 2.16. The zero-order chi connectivity index (χ0) is 23.1. The van der Waals surface area contributed by atoms with Gasteiger partial charge in [0.25, 0.3) is 11.5 Å². The number of pyridine rings is 1. The van der Waals surface area contributed by atoms with Gasteiger partial charge in [-0.1, -0.05) is 17.7 Å². The Kier molecular flexibility index (Phi) is 8.15. The van der Waals surface area contributed by atoms with E-state index < -0.39 is 11.7 Å². The molecule has 2 aromatic heterocycles. The summed E-state index contributed by atoms with van der Waals surface area (Å²) in [6.07, 6.45) is 3.77. The Bertz CT molecular complexity index is 1160. The second kappa shape index (κ2) is 11.0. The van der Waals surface area contributed by atoms with Crippen molar-refractivity contribution in [2.75, 3.05) is 25.0 Å². The molecule has 0 spiro atoms. The van der Waals surface area contributed by atoms with Gasteiger partial charge in [-0.05, 0) is 56.3 Å². The Balaban J connectivity index is 0.000000269. The summed E-state index contributed by atoms with van der Waals surface area (Å²) in [4.78, 5) is 36.6. The number of thiophene rings is 1. The summed E-state index contributed by atoms with van der Waals surface area (Å²) in [5, 5.41) is 2.59. The number of aromatic nitrogens is 1. The standard InChI is InChI=1S/C17H18FN3O2.C5H4ClNOS/c18-14-11-13(21-10-2-1-5-17(21)23)6-7-15(14)19-16(22)12-20-8-3-4-9-20;6-4-2-1-3(9-4)5(7)8/h1-2,5-7,10-11H,3-4,8-9,12H2,(H,19,22);1-2H,(H2,7,8). The van der Waals surface area contributed by atoms with Crippen LogP contribution in [-0.4, -0.2) is 40.9 Å². The molecule has 0 saturated carbocycles. The molecule has 1 saturated heterocycles. The van der Waals surface area contributed by atoms with E-state index in [9.17, 15) is 18.8 Å². The molecule has 0 aliphatic carbocycles. The average Bonchev–Trinajstić information content (AvgIpc) is 3.42. The largest absolute Gasteiger partial charge is 0.365 e. The lowest BCUT2D eigenvalue weighted by Gasteiger charge is -2.14. The smallest absolute Gasteiger partial charge is 0.258 e. The highest BCUT2D eigenvalue weighted by atomic mass is 35.5. The van der Waals surface area contributed by atoms with Crippen LogP contribution in [0.2, 0.25) is 4.34 Å². The molecule has 0 unspecified atom stereocenters. The molecule has 1 aliphatic rings. The molecule has 0 atom stereocenters. The van der Waals surface area contributed by atoms with E-state index in [0.29, 0.717) is 14.9 Å². The third-order valence-corrected chi connectivity index (χ3v) is 5.96. The molecular weight excluding hydrogens is 455 g/mol. The summed E-state index contributed by atoms with van der Waals surface area (Å²) in [6, 6.07) is 12.3. The Morgan fingerprint density at radius 1 is 1.12 bits per heavy atom. The first-order chi connectivity index (χ1) is 15.3. The lowest BCUT2D eigenvalue weighted by Crippen LogP contribution is -2.31. The second-order valence-electron chi connectivity index (χ2n) is 7.07. The van der Waals surface area contributed by atoms with Crippen LogP contribution in [-0.2, 0) is 4.79 Å².